The van der Waals surface area contributed by atoms with E-state index < -0.39 is 0 Å². The number of rotatable bonds is 3. The Kier molecular flexibility index (Phi) is 5.20. The van der Waals surface area contributed by atoms with Gasteiger partial charge in [0, 0.05) is 35.4 Å². The summed E-state index contributed by atoms with van der Waals surface area (Å²) in [6.07, 6.45) is 10.7. The third-order valence-electron chi connectivity index (χ3n) is 5.90. The van der Waals surface area contributed by atoms with Gasteiger partial charge < -0.3 is 10.2 Å². The highest BCUT2D eigenvalue weighted by molar-refractivity contribution is 7.10. The molecule has 5 heterocycles. The van der Waals surface area contributed by atoms with Crippen molar-refractivity contribution in [2.75, 3.05) is 11.9 Å². The van der Waals surface area contributed by atoms with E-state index in [1.807, 2.05) is 17.6 Å². The molecule has 0 spiro atoms. The molecule has 0 atom stereocenters. The zero-order valence-corrected chi connectivity index (χ0v) is 19.5. The largest absolute Gasteiger partial charge is 0.333 e. The number of carbonyl (C=O) groups excluding carboxylic acids is 2. The molecule has 0 fully saturated rings. The van der Waals surface area contributed by atoms with Gasteiger partial charge in [0.2, 0.25) is 0 Å². The normalized spacial score (nSPS) is 13.7. The van der Waals surface area contributed by atoms with Gasteiger partial charge in [-0.25, -0.2) is 4.52 Å². The second kappa shape index (κ2) is 8.08. The van der Waals surface area contributed by atoms with Gasteiger partial charge in [0.05, 0.1) is 47.5 Å². The summed E-state index contributed by atoms with van der Waals surface area (Å²) < 4.78 is 1.65. The maximum Gasteiger partial charge on any atom is 0.258 e. The molecule has 0 aromatic carbocycles. The molecule has 0 saturated heterocycles. The fraction of sp³-hybridized carbons (Fsp3) is 0.292. The Balaban J connectivity index is 1.33. The summed E-state index contributed by atoms with van der Waals surface area (Å²) in [6, 6.07) is 1.97. The highest BCUT2D eigenvalue weighted by Crippen LogP contribution is 2.31. The molecule has 1 aliphatic heterocycles. The lowest BCUT2D eigenvalue weighted by atomic mass is 9.88. The van der Waals surface area contributed by atoms with E-state index in [-0.39, 0.29) is 17.2 Å². The summed E-state index contributed by atoms with van der Waals surface area (Å²) in [5.41, 5.74) is 4.60. The van der Waals surface area contributed by atoms with E-state index in [4.69, 9.17) is 0 Å². The second-order valence-corrected chi connectivity index (χ2v) is 10.1. The van der Waals surface area contributed by atoms with Crippen molar-refractivity contribution in [3.8, 4) is 0 Å². The number of anilines is 1. The number of hydrogen-bond acceptors (Lipinski definition) is 6. The highest BCUT2D eigenvalue weighted by Gasteiger charge is 2.28. The number of carbonyl (C=O) groups is 2. The van der Waals surface area contributed by atoms with Crippen LogP contribution in [-0.4, -0.2) is 42.8 Å². The Morgan fingerprint density at radius 2 is 1.94 bits per heavy atom. The standard InChI is InChI=1S/C24H24N6O2S/c1-24(2,3)15-8-16(10-26-9-15)28-22(31)19-14-33-21-13-29(6-4-17(19)21)23(32)18-11-27-30-7-5-25-12-20(18)30/h5,7-12,14H,4,6,13H2,1-3H3,(H,28,31). The van der Waals surface area contributed by atoms with Gasteiger partial charge >= 0.3 is 0 Å². The van der Waals surface area contributed by atoms with Crippen molar-refractivity contribution in [1.29, 1.82) is 0 Å². The van der Waals surface area contributed by atoms with Crippen LogP contribution >= 0.6 is 11.3 Å². The smallest absolute Gasteiger partial charge is 0.258 e. The van der Waals surface area contributed by atoms with Crippen LogP contribution in [0.3, 0.4) is 0 Å². The Bertz CT molecular complexity index is 1370. The summed E-state index contributed by atoms with van der Waals surface area (Å²) in [6.45, 7) is 7.36. The summed E-state index contributed by atoms with van der Waals surface area (Å²) in [4.78, 5) is 37.4. The Labute approximate surface area is 195 Å². The molecule has 4 aromatic heterocycles. The van der Waals surface area contributed by atoms with Crippen molar-refractivity contribution < 1.29 is 9.59 Å². The first-order valence-electron chi connectivity index (χ1n) is 10.7. The molecule has 1 aliphatic rings. The first-order valence-corrected chi connectivity index (χ1v) is 11.6. The molecular weight excluding hydrogens is 436 g/mol. The van der Waals surface area contributed by atoms with Crippen LogP contribution in [0.2, 0.25) is 0 Å². The van der Waals surface area contributed by atoms with Crippen molar-refractivity contribution in [3.63, 3.8) is 0 Å². The minimum Gasteiger partial charge on any atom is -0.333 e. The molecule has 33 heavy (non-hydrogen) atoms. The summed E-state index contributed by atoms with van der Waals surface area (Å²) in [5.74, 6) is -0.220. The Hall–Kier alpha value is -3.59. The maximum atomic E-state index is 13.1. The molecule has 1 N–H and O–H groups in total. The van der Waals surface area contributed by atoms with Crippen LogP contribution in [0.15, 0.2) is 48.6 Å². The van der Waals surface area contributed by atoms with Gasteiger partial charge in [-0.3, -0.25) is 19.6 Å². The van der Waals surface area contributed by atoms with E-state index in [1.165, 1.54) is 11.3 Å². The van der Waals surface area contributed by atoms with Crippen LogP contribution in [0.1, 0.15) is 57.5 Å². The third-order valence-corrected chi connectivity index (χ3v) is 6.91. The van der Waals surface area contributed by atoms with E-state index in [0.717, 1.165) is 16.0 Å². The molecule has 9 heteroatoms. The first kappa shape index (κ1) is 21.3. The van der Waals surface area contributed by atoms with Crippen molar-refractivity contribution in [3.05, 3.63) is 75.8 Å². The number of aromatic nitrogens is 4. The van der Waals surface area contributed by atoms with Crippen molar-refractivity contribution in [2.45, 2.75) is 39.2 Å². The quantitative estimate of drug-likeness (QED) is 0.500. The lowest BCUT2D eigenvalue weighted by Gasteiger charge is -2.27. The number of amides is 2. The van der Waals surface area contributed by atoms with Gasteiger partial charge in [-0.05, 0) is 29.0 Å². The third kappa shape index (κ3) is 4.00. The van der Waals surface area contributed by atoms with Crippen LogP contribution in [0.25, 0.3) is 5.52 Å². The molecule has 0 radical (unpaired) electrons. The fourth-order valence-corrected chi connectivity index (χ4v) is 5.07. The molecule has 5 rings (SSSR count). The predicted octanol–water partition coefficient (Wildman–Crippen LogP) is 3.93. The minimum atomic E-state index is -0.145. The molecular formula is C24H24N6O2S. The van der Waals surface area contributed by atoms with E-state index in [2.05, 4.69) is 41.2 Å². The van der Waals surface area contributed by atoms with Crippen LogP contribution in [-0.2, 0) is 18.4 Å². The van der Waals surface area contributed by atoms with Gasteiger partial charge in [0.15, 0.2) is 0 Å². The lowest BCUT2D eigenvalue weighted by Crippen LogP contribution is -2.35. The highest BCUT2D eigenvalue weighted by atomic mass is 32.1. The second-order valence-electron chi connectivity index (χ2n) is 9.16. The number of fused-ring (bicyclic) bond motifs is 2. The minimum absolute atomic E-state index is 0.0532. The first-order chi connectivity index (χ1) is 15.8. The van der Waals surface area contributed by atoms with Crippen LogP contribution in [0, 0.1) is 0 Å². The molecule has 0 unspecified atom stereocenters. The lowest BCUT2D eigenvalue weighted by molar-refractivity contribution is 0.0739. The Morgan fingerprint density at radius 3 is 2.76 bits per heavy atom. The monoisotopic (exact) mass is 460 g/mol. The number of hydrogen-bond donors (Lipinski definition) is 1. The molecule has 0 bridgehead atoms. The molecule has 0 aliphatic carbocycles. The molecule has 168 valence electrons. The zero-order chi connectivity index (χ0) is 23.2. The number of pyridine rings is 1. The van der Waals surface area contributed by atoms with Crippen molar-refractivity contribution >= 4 is 34.4 Å². The number of nitrogens with zero attached hydrogens (tertiary/aromatic N) is 5. The Morgan fingerprint density at radius 1 is 1.09 bits per heavy atom. The number of nitrogens with one attached hydrogen (secondary N) is 1. The van der Waals surface area contributed by atoms with Gasteiger partial charge in [-0.2, -0.15) is 5.10 Å². The van der Waals surface area contributed by atoms with Crippen LogP contribution in [0.5, 0.6) is 0 Å². The molecule has 2 amide bonds. The van der Waals surface area contributed by atoms with E-state index in [0.29, 0.717) is 41.8 Å². The summed E-state index contributed by atoms with van der Waals surface area (Å²) >= 11 is 1.52. The topological polar surface area (TPSA) is 92.5 Å². The fourth-order valence-electron chi connectivity index (χ4n) is 3.98. The summed E-state index contributed by atoms with van der Waals surface area (Å²) in [7, 11) is 0. The summed E-state index contributed by atoms with van der Waals surface area (Å²) in [5, 5.41) is 9.11. The van der Waals surface area contributed by atoms with Gasteiger partial charge in [0.1, 0.15) is 0 Å². The van der Waals surface area contributed by atoms with Crippen molar-refractivity contribution in [2.24, 2.45) is 0 Å². The van der Waals surface area contributed by atoms with E-state index in [9.17, 15) is 9.59 Å². The van der Waals surface area contributed by atoms with Gasteiger partial charge in [-0.1, -0.05) is 20.8 Å². The number of thiophene rings is 1. The maximum absolute atomic E-state index is 13.1. The van der Waals surface area contributed by atoms with Crippen molar-refractivity contribution in [1.82, 2.24) is 24.5 Å². The predicted molar refractivity (Wildman–Crippen MR) is 127 cm³/mol. The SMILES string of the molecule is CC(C)(C)c1cncc(NC(=O)c2csc3c2CCN(C(=O)c2cnn4ccncc24)C3)c1. The zero-order valence-electron chi connectivity index (χ0n) is 18.7. The van der Waals surface area contributed by atoms with E-state index in [1.54, 1.807) is 40.4 Å². The molecule has 8 nitrogen and oxygen atoms in total. The van der Waals surface area contributed by atoms with Crippen LogP contribution < -0.4 is 5.32 Å². The average molecular weight is 461 g/mol. The van der Waals surface area contributed by atoms with Gasteiger partial charge in [-0.15, -0.1) is 11.3 Å². The van der Waals surface area contributed by atoms with E-state index >= 15 is 0 Å². The molecule has 4 aromatic rings. The van der Waals surface area contributed by atoms with Crippen LogP contribution in [0.4, 0.5) is 5.69 Å². The molecule has 0 saturated carbocycles. The van der Waals surface area contributed by atoms with Gasteiger partial charge in [0.25, 0.3) is 11.8 Å². The average Bonchev–Trinajstić information content (AvgIpc) is 3.42.